The molecule has 2 aliphatic rings. The van der Waals surface area contributed by atoms with Crippen LogP contribution in [-0.4, -0.2) is 57.6 Å². The van der Waals surface area contributed by atoms with Gasteiger partial charge in [0.05, 0.1) is 25.4 Å². The van der Waals surface area contributed by atoms with Crippen LogP contribution in [0.5, 0.6) is 5.75 Å². The fraction of sp³-hybridized carbons (Fsp3) is 0.350. The van der Waals surface area contributed by atoms with Gasteiger partial charge in [0.15, 0.2) is 6.19 Å². The number of hydrogen-bond donors (Lipinski definition) is 2. The number of ether oxygens (including phenoxy) is 1. The summed E-state index contributed by atoms with van der Waals surface area (Å²) in [5.74, 6) is 0.689. The van der Waals surface area contributed by atoms with Gasteiger partial charge in [0.1, 0.15) is 5.75 Å². The molecule has 2 aromatic rings. The highest BCUT2D eigenvalue weighted by molar-refractivity contribution is 8.23. The summed E-state index contributed by atoms with van der Waals surface area (Å²) in [6.45, 7) is 2.26. The van der Waals surface area contributed by atoms with Crippen molar-refractivity contribution in [1.82, 2.24) is 9.21 Å². The number of nitriles is 1. The molecule has 0 aliphatic carbocycles. The van der Waals surface area contributed by atoms with Crippen molar-refractivity contribution in [2.75, 3.05) is 37.6 Å². The van der Waals surface area contributed by atoms with Crippen molar-refractivity contribution in [2.24, 2.45) is 0 Å². The summed E-state index contributed by atoms with van der Waals surface area (Å²) in [4.78, 5) is 1.67. The third kappa shape index (κ3) is 3.27. The van der Waals surface area contributed by atoms with E-state index < -0.39 is 11.0 Å². The van der Waals surface area contributed by atoms with Crippen LogP contribution in [0.4, 0.5) is 5.69 Å². The van der Waals surface area contributed by atoms with Gasteiger partial charge in [0.25, 0.3) is 0 Å². The molecule has 0 spiro atoms. The molecule has 2 aliphatic heterocycles. The highest BCUT2D eigenvalue weighted by atomic mass is 32.3. The van der Waals surface area contributed by atoms with Crippen LogP contribution in [0.3, 0.4) is 0 Å². The average Bonchev–Trinajstić information content (AvgIpc) is 3.31. The van der Waals surface area contributed by atoms with Crippen molar-refractivity contribution < 1.29 is 13.8 Å². The second-order valence-electron chi connectivity index (χ2n) is 6.97. The van der Waals surface area contributed by atoms with Crippen molar-refractivity contribution in [3.05, 3.63) is 48.5 Å². The normalized spacial score (nSPS) is 22.9. The van der Waals surface area contributed by atoms with Crippen molar-refractivity contribution >= 4 is 16.6 Å². The van der Waals surface area contributed by atoms with Gasteiger partial charge in [-0.2, -0.15) is 9.57 Å². The van der Waals surface area contributed by atoms with Crippen LogP contribution in [0.15, 0.2) is 48.5 Å². The Morgan fingerprint density at radius 2 is 1.89 bits per heavy atom. The minimum atomic E-state index is -3.12. The molecule has 2 fully saturated rings. The van der Waals surface area contributed by atoms with E-state index in [1.54, 1.807) is 20.6 Å². The quantitative estimate of drug-likeness (QED) is 0.759. The van der Waals surface area contributed by atoms with E-state index in [2.05, 4.69) is 6.19 Å². The fourth-order valence-corrected chi connectivity index (χ4v) is 5.85. The Labute approximate surface area is 167 Å². The van der Waals surface area contributed by atoms with E-state index in [1.807, 2.05) is 48.5 Å². The summed E-state index contributed by atoms with van der Waals surface area (Å²) in [5, 5.41) is 9.08. The van der Waals surface area contributed by atoms with Crippen LogP contribution in [0.2, 0.25) is 0 Å². The second kappa shape index (κ2) is 7.53. The predicted octanol–water partition coefficient (Wildman–Crippen LogP) is 3.62. The van der Waals surface area contributed by atoms with Gasteiger partial charge in [-0.15, -0.1) is 0 Å². The minimum Gasteiger partial charge on any atom is -0.496 e. The molecule has 148 valence electrons. The van der Waals surface area contributed by atoms with Crippen molar-refractivity contribution in [1.29, 1.82) is 5.26 Å². The highest BCUT2D eigenvalue weighted by Gasteiger charge is 2.43. The first-order valence-electron chi connectivity index (χ1n) is 9.25. The maximum Gasteiger partial charge on any atom is 0.179 e. The van der Waals surface area contributed by atoms with Gasteiger partial charge in [0, 0.05) is 31.3 Å². The summed E-state index contributed by atoms with van der Waals surface area (Å²) < 4.78 is 31.0. The number of likely N-dealkylation sites (tertiary alicyclic amines) is 1. The average molecular weight is 401 g/mol. The zero-order chi connectivity index (χ0) is 19.7. The predicted molar refractivity (Wildman–Crippen MR) is 111 cm³/mol. The first-order valence-corrected chi connectivity index (χ1v) is 10.7. The molecule has 4 rings (SSSR count). The number of methoxy groups -OCH3 is 1. The lowest BCUT2D eigenvalue weighted by Gasteiger charge is -2.45. The molecule has 0 aromatic heterocycles. The molecule has 0 radical (unpaired) electrons. The minimum absolute atomic E-state index is 0.0277. The third-order valence-corrected chi connectivity index (χ3v) is 7.50. The zero-order valence-corrected chi connectivity index (χ0v) is 16.5. The van der Waals surface area contributed by atoms with Crippen LogP contribution >= 0.6 is 11.0 Å². The van der Waals surface area contributed by atoms with E-state index in [-0.39, 0.29) is 6.04 Å². The van der Waals surface area contributed by atoms with Gasteiger partial charge in [-0.1, -0.05) is 41.3 Å². The van der Waals surface area contributed by atoms with Crippen LogP contribution in [-0.2, 0) is 0 Å². The Morgan fingerprint density at radius 1 is 1.11 bits per heavy atom. The third-order valence-electron chi connectivity index (χ3n) is 5.40. The van der Waals surface area contributed by atoms with E-state index in [1.165, 1.54) is 0 Å². The van der Waals surface area contributed by atoms with Crippen molar-refractivity contribution in [3.8, 4) is 23.1 Å². The van der Waals surface area contributed by atoms with Crippen molar-refractivity contribution in [3.63, 3.8) is 0 Å². The van der Waals surface area contributed by atoms with Gasteiger partial charge in [-0.05, 0) is 24.1 Å². The number of nitrogens with zero attached hydrogens (tertiary/aromatic N) is 4. The summed E-state index contributed by atoms with van der Waals surface area (Å²) in [5.41, 5.74) is 2.72. The first-order chi connectivity index (χ1) is 13.5. The molecular formula is C20H24N4O3S. The Balaban J connectivity index is 1.60. The molecule has 0 saturated carbocycles. The molecule has 2 aromatic carbocycles. The van der Waals surface area contributed by atoms with E-state index >= 15 is 0 Å². The molecule has 8 heteroatoms. The fourth-order valence-electron chi connectivity index (χ4n) is 3.97. The van der Waals surface area contributed by atoms with Crippen LogP contribution in [0, 0.1) is 11.5 Å². The Kier molecular flexibility index (Phi) is 5.08. The van der Waals surface area contributed by atoms with Crippen LogP contribution in [0.25, 0.3) is 11.1 Å². The molecule has 0 amide bonds. The van der Waals surface area contributed by atoms with E-state index in [0.717, 1.165) is 17.5 Å². The first kappa shape index (κ1) is 18.9. The smallest absolute Gasteiger partial charge is 0.179 e. The van der Waals surface area contributed by atoms with Gasteiger partial charge in [-0.3, -0.25) is 13.4 Å². The van der Waals surface area contributed by atoms with E-state index in [9.17, 15) is 9.11 Å². The molecule has 2 N–H and O–H groups in total. The van der Waals surface area contributed by atoms with E-state index in [4.69, 9.17) is 10.00 Å². The molecule has 1 unspecified atom stereocenters. The summed E-state index contributed by atoms with van der Waals surface area (Å²) in [6.07, 6.45) is 2.90. The highest BCUT2D eigenvalue weighted by Crippen LogP contribution is 2.55. The van der Waals surface area contributed by atoms with Crippen molar-refractivity contribution in [2.45, 2.75) is 12.5 Å². The largest absolute Gasteiger partial charge is 0.496 e. The van der Waals surface area contributed by atoms with E-state index in [0.29, 0.717) is 37.6 Å². The monoisotopic (exact) mass is 400 g/mol. The lowest BCUT2D eigenvalue weighted by Crippen LogP contribution is -2.38. The number of hydrogen-bond acceptors (Lipinski definition) is 7. The Hall–Kier alpha value is -2.44. The molecule has 28 heavy (non-hydrogen) atoms. The van der Waals surface area contributed by atoms with Gasteiger partial charge >= 0.3 is 0 Å². The summed E-state index contributed by atoms with van der Waals surface area (Å²) >= 11 is 0. The van der Waals surface area contributed by atoms with Crippen LogP contribution < -0.4 is 9.04 Å². The zero-order valence-electron chi connectivity index (χ0n) is 15.7. The molecular weight excluding hydrogens is 376 g/mol. The second-order valence-corrected chi connectivity index (χ2v) is 8.86. The molecule has 1 atom stereocenters. The lowest BCUT2D eigenvalue weighted by molar-refractivity contribution is 0.310. The molecule has 2 heterocycles. The maximum absolute atomic E-state index is 11.0. The molecule has 0 bridgehead atoms. The van der Waals surface area contributed by atoms with Gasteiger partial charge < -0.3 is 9.64 Å². The molecule has 2 saturated heterocycles. The number of anilines is 1. The summed E-state index contributed by atoms with van der Waals surface area (Å²) in [6, 6.07) is 15.6. The lowest BCUT2D eigenvalue weighted by atomic mass is 10.0. The van der Waals surface area contributed by atoms with Crippen LogP contribution in [0.1, 0.15) is 6.42 Å². The summed E-state index contributed by atoms with van der Waals surface area (Å²) in [7, 11) is -1.50. The maximum atomic E-state index is 11.0. The molecule has 7 nitrogen and oxygen atoms in total. The van der Waals surface area contributed by atoms with Gasteiger partial charge in [0.2, 0.25) is 0 Å². The topological polar surface area (TPSA) is 83.2 Å². The Bertz CT molecular complexity index is 887. The SMILES string of the molecule is COc1cc(N2CCN(C3CCN(C#N)C3)S2(O)O)ccc1-c1ccccc1. The Morgan fingerprint density at radius 3 is 2.57 bits per heavy atom. The number of rotatable bonds is 4. The standard InChI is InChI=1S/C20H24N4O3S/c1-27-20-13-17(7-8-19(20)16-5-3-2-4-6-16)23-11-12-24(28(23,25)26)18-9-10-22(14-18)15-21/h2-8,13,18,25-26H,9-12,14H2,1H3. The van der Waals surface area contributed by atoms with Gasteiger partial charge in [-0.25, -0.2) is 0 Å². The number of benzene rings is 2.